The van der Waals surface area contributed by atoms with E-state index in [1.54, 1.807) is 6.08 Å². The Morgan fingerprint density at radius 3 is 2.70 bits per heavy atom. The van der Waals surface area contributed by atoms with Crippen molar-refractivity contribution < 1.29 is 14.3 Å². The molecule has 1 aliphatic heterocycles. The Morgan fingerprint density at radius 2 is 1.93 bits per heavy atom. The summed E-state index contributed by atoms with van der Waals surface area (Å²) in [4.78, 5) is 29.9. The predicted molar refractivity (Wildman–Crippen MR) is 118 cm³/mol. The summed E-state index contributed by atoms with van der Waals surface area (Å²) in [5.74, 6) is -0.209. The zero-order valence-corrected chi connectivity index (χ0v) is 17.4. The number of carbonyl (C=O) groups is 2. The van der Waals surface area contributed by atoms with Crippen molar-refractivity contribution in [1.29, 1.82) is 0 Å². The molecule has 0 aliphatic carbocycles. The topological polar surface area (TPSA) is 62.4 Å². The number of benzene rings is 2. The summed E-state index contributed by atoms with van der Waals surface area (Å²) in [5, 5.41) is 1.13. The van der Waals surface area contributed by atoms with Gasteiger partial charge in [0.2, 0.25) is 5.91 Å². The smallest absolute Gasteiger partial charge is 0.330 e. The molecule has 1 N–H and O–H groups in total. The number of H-pyrrole nitrogens is 1. The summed E-state index contributed by atoms with van der Waals surface area (Å²) in [6.07, 6.45) is 5.52. The number of nitrogens with zero attached hydrogens (tertiary/aromatic N) is 1. The number of likely N-dealkylation sites (tertiary alicyclic amines) is 1. The number of ether oxygens (including phenoxy) is 1. The third-order valence-electron chi connectivity index (χ3n) is 5.86. The molecule has 1 atom stereocenters. The molecule has 1 aromatic heterocycles. The van der Waals surface area contributed by atoms with Crippen LogP contribution in [0.5, 0.6) is 0 Å². The van der Waals surface area contributed by atoms with E-state index < -0.39 is 0 Å². The lowest BCUT2D eigenvalue weighted by molar-refractivity contribution is -0.134. The number of para-hydroxylation sites is 1. The van der Waals surface area contributed by atoms with Gasteiger partial charge in [-0.05, 0) is 48.6 Å². The Labute approximate surface area is 176 Å². The normalized spacial score (nSPS) is 16.5. The van der Waals surface area contributed by atoms with Crippen LogP contribution in [0.4, 0.5) is 0 Å². The predicted octanol–water partition coefficient (Wildman–Crippen LogP) is 4.57. The monoisotopic (exact) mass is 402 g/mol. The molecule has 3 aromatic rings. The molecule has 5 heteroatoms. The lowest BCUT2D eigenvalue weighted by Crippen LogP contribution is -2.32. The van der Waals surface area contributed by atoms with Gasteiger partial charge in [0, 0.05) is 29.2 Å². The van der Waals surface area contributed by atoms with E-state index in [0.717, 1.165) is 52.7 Å². The first-order valence-electron chi connectivity index (χ1n) is 10.3. The molecule has 0 saturated carbocycles. The van der Waals surface area contributed by atoms with Gasteiger partial charge in [-0.1, -0.05) is 42.5 Å². The highest BCUT2D eigenvalue weighted by molar-refractivity contribution is 5.90. The molecule has 0 radical (unpaired) electrons. The molecule has 2 heterocycles. The van der Waals surface area contributed by atoms with Gasteiger partial charge in [-0.3, -0.25) is 4.79 Å². The standard InChI is InChI=1S/C25H26N2O3/c1-17-21(20-6-3-4-7-22(20)26-17)16-24(28)27-15-5-8-23(27)19-12-9-18(10-13-19)11-14-25(29)30-2/h3-4,6-7,9-14,23,26H,5,8,15-16H2,1-2H3. The largest absolute Gasteiger partial charge is 0.466 e. The van der Waals surface area contributed by atoms with Crippen LogP contribution in [0.15, 0.2) is 54.6 Å². The van der Waals surface area contributed by atoms with Crippen LogP contribution >= 0.6 is 0 Å². The van der Waals surface area contributed by atoms with Crippen LogP contribution in [0.3, 0.4) is 0 Å². The zero-order valence-electron chi connectivity index (χ0n) is 17.4. The minimum Gasteiger partial charge on any atom is -0.466 e. The van der Waals surface area contributed by atoms with Crippen LogP contribution in [0.1, 0.15) is 41.3 Å². The number of rotatable bonds is 5. The van der Waals surface area contributed by atoms with E-state index in [4.69, 9.17) is 0 Å². The van der Waals surface area contributed by atoms with Crippen molar-refractivity contribution in [3.63, 3.8) is 0 Å². The molecule has 1 unspecified atom stereocenters. The number of fused-ring (bicyclic) bond motifs is 1. The maximum absolute atomic E-state index is 13.2. The SMILES string of the molecule is COC(=O)C=Cc1ccc(C2CCCN2C(=O)Cc2c(C)[nH]c3ccccc23)cc1. The molecule has 2 aromatic carbocycles. The van der Waals surface area contributed by atoms with Gasteiger partial charge in [0.25, 0.3) is 0 Å². The van der Waals surface area contributed by atoms with E-state index in [1.165, 1.54) is 13.2 Å². The van der Waals surface area contributed by atoms with Crippen LogP contribution in [0.2, 0.25) is 0 Å². The Hall–Kier alpha value is -3.34. The Bertz CT molecular complexity index is 1100. The highest BCUT2D eigenvalue weighted by Gasteiger charge is 2.30. The van der Waals surface area contributed by atoms with Gasteiger partial charge in [0.05, 0.1) is 19.6 Å². The van der Waals surface area contributed by atoms with E-state index in [0.29, 0.717) is 6.42 Å². The highest BCUT2D eigenvalue weighted by Crippen LogP contribution is 2.33. The third kappa shape index (κ3) is 4.01. The highest BCUT2D eigenvalue weighted by atomic mass is 16.5. The second-order valence-corrected chi connectivity index (χ2v) is 7.72. The summed E-state index contributed by atoms with van der Waals surface area (Å²) >= 11 is 0. The molecule has 4 rings (SSSR count). The van der Waals surface area contributed by atoms with E-state index >= 15 is 0 Å². The maximum atomic E-state index is 13.2. The summed E-state index contributed by atoms with van der Waals surface area (Å²) < 4.78 is 4.62. The van der Waals surface area contributed by atoms with Gasteiger partial charge in [-0.2, -0.15) is 0 Å². The van der Waals surface area contributed by atoms with E-state index in [9.17, 15) is 9.59 Å². The van der Waals surface area contributed by atoms with Crippen LogP contribution in [0.25, 0.3) is 17.0 Å². The first-order valence-corrected chi connectivity index (χ1v) is 10.3. The van der Waals surface area contributed by atoms with Gasteiger partial charge in [0.15, 0.2) is 0 Å². The lowest BCUT2D eigenvalue weighted by atomic mass is 10.0. The van der Waals surface area contributed by atoms with Crippen molar-refractivity contribution >= 4 is 28.9 Å². The van der Waals surface area contributed by atoms with Gasteiger partial charge >= 0.3 is 5.97 Å². The van der Waals surface area contributed by atoms with Crippen molar-refractivity contribution in [2.45, 2.75) is 32.2 Å². The summed E-state index contributed by atoms with van der Waals surface area (Å²) in [6.45, 7) is 2.82. The fourth-order valence-electron chi connectivity index (χ4n) is 4.29. The van der Waals surface area contributed by atoms with E-state index in [1.807, 2.05) is 54.3 Å². The number of hydrogen-bond acceptors (Lipinski definition) is 3. The molecule has 0 spiro atoms. The number of aromatic amines is 1. The van der Waals surface area contributed by atoms with Gasteiger partial charge < -0.3 is 14.6 Å². The number of methoxy groups -OCH3 is 1. The van der Waals surface area contributed by atoms with Crippen molar-refractivity contribution in [2.24, 2.45) is 0 Å². The molecule has 30 heavy (non-hydrogen) atoms. The fraction of sp³-hybridized carbons (Fsp3) is 0.280. The molecule has 5 nitrogen and oxygen atoms in total. The molecular formula is C25H26N2O3. The van der Waals surface area contributed by atoms with Crippen LogP contribution in [0, 0.1) is 6.92 Å². The lowest BCUT2D eigenvalue weighted by Gasteiger charge is -2.25. The molecule has 1 amide bonds. The van der Waals surface area contributed by atoms with Crippen molar-refractivity contribution in [1.82, 2.24) is 9.88 Å². The summed E-state index contributed by atoms with van der Waals surface area (Å²) in [6, 6.07) is 16.3. The Kier molecular flexibility index (Phi) is 5.70. The summed E-state index contributed by atoms with van der Waals surface area (Å²) in [7, 11) is 1.36. The fourth-order valence-corrected chi connectivity index (χ4v) is 4.29. The van der Waals surface area contributed by atoms with Crippen LogP contribution < -0.4 is 0 Å². The minimum atomic E-state index is -0.376. The molecule has 1 fully saturated rings. The Morgan fingerprint density at radius 1 is 1.17 bits per heavy atom. The van der Waals surface area contributed by atoms with Crippen molar-refractivity contribution in [2.75, 3.05) is 13.7 Å². The zero-order chi connectivity index (χ0) is 21.1. The molecule has 154 valence electrons. The van der Waals surface area contributed by atoms with Crippen molar-refractivity contribution in [3.05, 3.63) is 77.0 Å². The van der Waals surface area contributed by atoms with Crippen molar-refractivity contribution in [3.8, 4) is 0 Å². The third-order valence-corrected chi connectivity index (χ3v) is 5.86. The number of nitrogens with one attached hydrogen (secondary N) is 1. The van der Waals surface area contributed by atoms with Gasteiger partial charge in [0.1, 0.15) is 0 Å². The van der Waals surface area contributed by atoms with Crippen LogP contribution in [-0.4, -0.2) is 35.4 Å². The maximum Gasteiger partial charge on any atom is 0.330 e. The van der Waals surface area contributed by atoms with E-state index in [2.05, 4.69) is 15.8 Å². The minimum absolute atomic E-state index is 0.0987. The number of esters is 1. The van der Waals surface area contributed by atoms with Gasteiger partial charge in [-0.25, -0.2) is 4.79 Å². The number of aromatic nitrogens is 1. The average molecular weight is 402 g/mol. The molecule has 1 aliphatic rings. The Balaban J connectivity index is 1.50. The second-order valence-electron chi connectivity index (χ2n) is 7.72. The summed E-state index contributed by atoms with van der Waals surface area (Å²) in [5.41, 5.74) is 5.28. The number of aryl methyl sites for hydroxylation is 1. The molecular weight excluding hydrogens is 376 g/mol. The number of carbonyl (C=O) groups excluding carboxylic acids is 2. The van der Waals surface area contributed by atoms with Crippen LogP contribution in [-0.2, 0) is 20.7 Å². The molecule has 1 saturated heterocycles. The van der Waals surface area contributed by atoms with E-state index in [-0.39, 0.29) is 17.9 Å². The second kappa shape index (κ2) is 8.57. The number of amides is 1. The first-order chi connectivity index (χ1) is 14.6. The average Bonchev–Trinajstić information content (AvgIpc) is 3.37. The number of hydrogen-bond donors (Lipinski definition) is 1. The van der Waals surface area contributed by atoms with Gasteiger partial charge in [-0.15, -0.1) is 0 Å². The first kappa shape index (κ1) is 20.0. The quantitative estimate of drug-likeness (QED) is 0.502. The molecule has 0 bridgehead atoms.